The van der Waals surface area contributed by atoms with Gasteiger partial charge >= 0.3 is 40.8 Å². The van der Waals surface area contributed by atoms with E-state index in [1.165, 1.54) is 0 Å². The van der Waals surface area contributed by atoms with Gasteiger partial charge in [-0.05, 0) is 0 Å². The fourth-order valence-corrected chi connectivity index (χ4v) is 0. The van der Waals surface area contributed by atoms with Crippen LogP contribution in [0.4, 0.5) is 0 Å². The first-order valence-electron chi connectivity index (χ1n) is 6.43. The maximum atomic E-state index is 9.95. The van der Waals surface area contributed by atoms with Gasteiger partial charge in [0, 0.05) is 0 Å². The molecule has 0 aromatic carbocycles. The Morgan fingerprint density at radius 2 is 0.526 bits per heavy atom. The molecule has 0 aliphatic rings. The van der Waals surface area contributed by atoms with Gasteiger partial charge in [-0.25, -0.2) is 0 Å². The van der Waals surface area contributed by atoms with Gasteiger partial charge in [-0.3, -0.25) is 0 Å². The van der Waals surface area contributed by atoms with Crippen molar-refractivity contribution in [1.82, 2.24) is 0 Å². The minimum atomic E-state index is -0.0139. The maximum absolute atomic E-state index is 9.95. The summed E-state index contributed by atoms with van der Waals surface area (Å²) in [6.07, 6.45) is 0. The van der Waals surface area contributed by atoms with Crippen LogP contribution in [-0.4, -0.2) is 19.8 Å². The largest absolute Gasteiger partial charge is 3.00 e. The van der Waals surface area contributed by atoms with Crippen LogP contribution < -0.4 is 15.3 Å². The number of hydrogen-bond acceptors (Lipinski definition) is 3. The molecule has 0 N–H and O–H groups in total. The summed E-state index contributed by atoms with van der Waals surface area (Å²) < 4.78 is 0. The number of hydrogen-bond donors (Lipinski definition) is 0. The summed E-state index contributed by atoms with van der Waals surface area (Å²) in [6, 6.07) is 0. The Kier molecular flexibility index (Phi) is 19.3. The molecule has 0 heterocycles. The van der Waals surface area contributed by atoms with E-state index in [1.54, 1.807) is 0 Å². The zero-order valence-corrected chi connectivity index (χ0v) is 17.6. The second-order valence-electron chi connectivity index (χ2n) is 8.11. The summed E-state index contributed by atoms with van der Waals surface area (Å²) in [6.45, 7) is 17.4. The Hall–Kier alpha value is 1.23. The maximum Gasteiger partial charge on any atom is 3.00 e. The Bertz CT molecular complexity index is 140. The van der Waals surface area contributed by atoms with Crippen molar-refractivity contribution >= 4 is 0 Å². The minimum Gasteiger partial charge on any atom is -0.854 e. The average molecular weight is 406 g/mol. The molecule has 0 aromatic rings. The van der Waals surface area contributed by atoms with Crippen LogP contribution in [0.25, 0.3) is 0 Å². The van der Waals surface area contributed by atoms with E-state index < -0.39 is 0 Å². The number of rotatable bonds is 0. The molecular formula is C15H33NdO3. The first kappa shape index (κ1) is 28.4. The third-order valence-corrected chi connectivity index (χ3v) is 1.30. The third kappa shape index (κ3) is 54.5. The second-order valence-corrected chi connectivity index (χ2v) is 8.11. The van der Waals surface area contributed by atoms with E-state index >= 15 is 0 Å². The molecular weight excluding hydrogens is 372 g/mol. The topological polar surface area (TPSA) is 69.2 Å². The Balaban J connectivity index is -0.0000000865. The molecule has 0 unspecified atom stereocenters. The summed E-state index contributed by atoms with van der Waals surface area (Å²) in [7, 11) is 0. The van der Waals surface area contributed by atoms with Crippen molar-refractivity contribution in [3.8, 4) is 0 Å². The first-order valence-corrected chi connectivity index (χ1v) is 6.43. The van der Waals surface area contributed by atoms with Gasteiger partial charge in [0.05, 0.1) is 0 Å². The molecule has 0 saturated carbocycles. The SMILES string of the molecule is CC(C)(C)C[O-].CC(C)(C)C[O-].CC(C)(C)C[O-].[Nd+3]. The van der Waals surface area contributed by atoms with Crippen molar-refractivity contribution < 1.29 is 56.2 Å². The minimum absolute atomic E-state index is 0. The molecule has 0 saturated heterocycles. The van der Waals surface area contributed by atoms with Gasteiger partial charge in [0.15, 0.2) is 0 Å². The van der Waals surface area contributed by atoms with Crippen LogP contribution in [0.1, 0.15) is 62.3 Å². The average Bonchev–Trinajstić information content (AvgIpc) is 2.16. The van der Waals surface area contributed by atoms with Crippen LogP contribution in [0.3, 0.4) is 0 Å². The van der Waals surface area contributed by atoms with E-state index in [2.05, 4.69) is 0 Å². The molecule has 0 bridgehead atoms. The Morgan fingerprint density at radius 3 is 0.526 bits per heavy atom. The quantitative estimate of drug-likeness (QED) is 0.608. The molecule has 0 amide bonds. The van der Waals surface area contributed by atoms with E-state index in [0.29, 0.717) is 0 Å². The molecule has 0 aromatic heterocycles. The van der Waals surface area contributed by atoms with Crippen LogP contribution in [0.2, 0.25) is 0 Å². The molecule has 0 atom stereocenters. The normalized spacial score (nSPS) is 11.4. The van der Waals surface area contributed by atoms with Crippen LogP contribution in [0.15, 0.2) is 0 Å². The van der Waals surface area contributed by atoms with E-state index in [1.807, 2.05) is 62.3 Å². The van der Waals surface area contributed by atoms with Crippen LogP contribution in [0.5, 0.6) is 0 Å². The van der Waals surface area contributed by atoms with E-state index in [4.69, 9.17) is 0 Å². The van der Waals surface area contributed by atoms with Crippen molar-refractivity contribution in [3.05, 3.63) is 0 Å². The monoisotopic (exact) mass is 403 g/mol. The molecule has 3 nitrogen and oxygen atoms in total. The fourth-order valence-electron chi connectivity index (χ4n) is 0. The van der Waals surface area contributed by atoms with Crippen molar-refractivity contribution in [3.63, 3.8) is 0 Å². The molecule has 4 heteroatoms. The fraction of sp³-hybridized carbons (Fsp3) is 1.00. The molecule has 1 radical (unpaired) electrons. The molecule has 0 spiro atoms. The van der Waals surface area contributed by atoms with Gasteiger partial charge in [0.2, 0.25) is 0 Å². The molecule has 0 aliphatic carbocycles. The standard InChI is InChI=1S/3C5H11O.Nd/c3*1-5(2,3)4-6;/h3*4H2,1-3H3;/q3*-1;+3. The van der Waals surface area contributed by atoms with Crippen molar-refractivity contribution in [2.45, 2.75) is 62.3 Å². The summed E-state index contributed by atoms with van der Waals surface area (Å²) >= 11 is 0. The van der Waals surface area contributed by atoms with Crippen LogP contribution in [0, 0.1) is 57.1 Å². The Labute approximate surface area is 153 Å². The van der Waals surface area contributed by atoms with E-state index in [0.717, 1.165) is 0 Å². The van der Waals surface area contributed by atoms with Crippen molar-refractivity contribution in [1.29, 1.82) is 0 Å². The van der Waals surface area contributed by atoms with Crippen LogP contribution >= 0.6 is 0 Å². The zero-order chi connectivity index (χ0) is 15.6. The summed E-state index contributed by atoms with van der Waals surface area (Å²) in [4.78, 5) is 0. The smallest absolute Gasteiger partial charge is 0.854 e. The first-order chi connectivity index (χ1) is 7.68. The predicted octanol–water partition coefficient (Wildman–Crippen LogP) is 1.18. The molecule has 0 rings (SSSR count). The molecule has 115 valence electrons. The Morgan fingerprint density at radius 1 is 0.474 bits per heavy atom. The van der Waals surface area contributed by atoms with Gasteiger partial charge in [-0.2, -0.15) is 0 Å². The van der Waals surface area contributed by atoms with E-state index in [-0.39, 0.29) is 76.9 Å². The zero-order valence-electron chi connectivity index (χ0n) is 14.3. The predicted molar refractivity (Wildman–Crippen MR) is 73.0 cm³/mol. The second kappa shape index (κ2) is 12.9. The van der Waals surface area contributed by atoms with Gasteiger partial charge in [-0.1, -0.05) is 78.6 Å². The van der Waals surface area contributed by atoms with E-state index in [9.17, 15) is 15.3 Å². The summed E-state index contributed by atoms with van der Waals surface area (Å²) in [5.74, 6) is 0. The third-order valence-electron chi connectivity index (χ3n) is 1.30. The molecule has 19 heavy (non-hydrogen) atoms. The van der Waals surface area contributed by atoms with Crippen molar-refractivity contribution in [2.75, 3.05) is 19.8 Å². The van der Waals surface area contributed by atoms with Gasteiger partial charge in [-0.15, -0.1) is 19.8 Å². The molecule has 0 fully saturated rings. The summed E-state index contributed by atoms with van der Waals surface area (Å²) in [5, 5.41) is 29.9. The molecule has 0 aliphatic heterocycles. The van der Waals surface area contributed by atoms with Gasteiger partial charge in [0.25, 0.3) is 0 Å². The van der Waals surface area contributed by atoms with Gasteiger partial charge < -0.3 is 15.3 Å². The van der Waals surface area contributed by atoms with Crippen molar-refractivity contribution in [2.24, 2.45) is 16.2 Å². The van der Waals surface area contributed by atoms with Crippen LogP contribution in [-0.2, 0) is 0 Å². The summed E-state index contributed by atoms with van der Waals surface area (Å²) in [5.41, 5.74) is -0.0417. The van der Waals surface area contributed by atoms with Gasteiger partial charge in [0.1, 0.15) is 0 Å².